The molecule has 82 valence electrons. The van der Waals surface area contributed by atoms with Gasteiger partial charge in [0.15, 0.2) is 0 Å². The van der Waals surface area contributed by atoms with Crippen LogP contribution in [-0.4, -0.2) is 22.5 Å². The molecule has 0 amide bonds. The molecule has 2 rings (SSSR count). The van der Waals surface area contributed by atoms with E-state index in [0.29, 0.717) is 10.2 Å². The van der Waals surface area contributed by atoms with Crippen molar-refractivity contribution in [2.45, 2.75) is 43.6 Å². The van der Waals surface area contributed by atoms with E-state index in [9.17, 15) is 0 Å². The van der Waals surface area contributed by atoms with Crippen LogP contribution in [0.15, 0.2) is 0 Å². The summed E-state index contributed by atoms with van der Waals surface area (Å²) in [5.41, 5.74) is 0.654. The summed E-state index contributed by atoms with van der Waals surface area (Å²) in [5.74, 6) is 2.04. The summed E-state index contributed by atoms with van der Waals surface area (Å²) < 4.78 is 0.536. The third kappa shape index (κ3) is 1.44. The van der Waals surface area contributed by atoms with E-state index in [1.807, 2.05) is 0 Å². The SMILES string of the molecule is CS[C@@H]1CC2C(C[C@]1(C)SC)C2(C)C. The number of hydrogen-bond donors (Lipinski definition) is 0. The van der Waals surface area contributed by atoms with E-state index in [1.54, 1.807) is 0 Å². The monoisotopic (exact) mass is 230 g/mol. The van der Waals surface area contributed by atoms with Crippen LogP contribution in [0.5, 0.6) is 0 Å². The summed E-state index contributed by atoms with van der Waals surface area (Å²) in [6.07, 6.45) is 7.47. The Morgan fingerprint density at radius 2 is 1.71 bits per heavy atom. The fourth-order valence-corrected chi connectivity index (χ4v) is 5.62. The van der Waals surface area contributed by atoms with Crippen LogP contribution in [0.1, 0.15) is 33.6 Å². The van der Waals surface area contributed by atoms with Gasteiger partial charge in [0.1, 0.15) is 0 Å². The Morgan fingerprint density at radius 1 is 1.07 bits per heavy atom. The summed E-state index contributed by atoms with van der Waals surface area (Å²) in [6, 6.07) is 0. The van der Waals surface area contributed by atoms with Gasteiger partial charge in [-0.3, -0.25) is 0 Å². The molecule has 0 N–H and O–H groups in total. The standard InChI is InChI=1S/C12H22S2/c1-11(2)8-6-10(13-4)12(3,14-5)7-9(8)11/h8-10H,6-7H2,1-5H3/t8?,9?,10-,12+/m1/s1. The maximum absolute atomic E-state index is 2.48. The fraction of sp³-hybridized carbons (Fsp3) is 1.00. The molecule has 2 fully saturated rings. The molecule has 2 aliphatic rings. The lowest BCUT2D eigenvalue weighted by Crippen LogP contribution is -2.37. The van der Waals surface area contributed by atoms with Crippen LogP contribution in [0.4, 0.5) is 0 Å². The van der Waals surface area contributed by atoms with Gasteiger partial charge in [0.05, 0.1) is 0 Å². The molecule has 14 heavy (non-hydrogen) atoms. The van der Waals surface area contributed by atoms with Crippen molar-refractivity contribution in [3.8, 4) is 0 Å². The molecule has 2 saturated carbocycles. The van der Waals surface area contributed by atoms with Gasteiger partial charge in [0.25, 0.3) is 0 Å². The van der Waals surface area contributed by atoms with Gasteiger partial charge in [-0.15, -0.1) is 0 Å². The molecule has 2 aliphatic carbocycles. The number of fused-ring (bicyclic) bond motifs is 1. The van der Waals surface area contributed by atoms with Crippen molar-refractivity contribution in [1.82, 2.24) is 0 Å². The minimum absolute atomic E-state index is 0.536. The van der Waals surface area contributed by atoms with Crippen molar-refractivity contribution in [2.24, 2.45) is 17.3 Å². The summed E-state index contributed by atoms with van der Waals surface area (Å²) in [6.45, 7) is 7.40. The van der Waals surface area contributed by atoms with Crippen molar-refractivity contribution in [1.29, 1.82) is 0 Å². The van der Waals surface area contributed by atoms with Crippen molar-refractivity contribution < 1.29 is 0 Å². The zero-order valence-corrected chi connectivity index (χ0v) is 11.6. The van der Waals surface area contributed by atoms with Crippen LogP contribution in [-0.2, 0) is 0 Å². The van der Waals surface area contributed by atoms with Gasteiger partial charge in [0.2, 0.25) is 0 Å². The van der Waals surface area contributed by atoms with Crippen LogP contribution in [0.2, 0.25) is 0 Å². The molecule has 0 spiro atoms. The zero-order valence-electron chi connectivity index (χ0n) is 9.96. The minimum Gasteiger partial charge on any atom is -0.161 e. The summed E-state index contributed by atoms with van der Waals surface area (Å²) in [5, 5.41) is 0.875. The molecule has 0 nitrogen and oxygen atoms in total. The minimum atomic E-state index is 0.536. The zero-order chi connectivity index (χ0) is 10.6. The highest BCUT2D eigenvalue weighted by molar-refractivity contribution is 8.03. The van der Waals surface area contributed by atoms with Crippen molar-refractivity contribution in [3.63, 3.8) is 0 Å². The van der Waals surface area contributed by atoms with E-state index >= 15 is 0 Å². The van der Waals surface area contributed by atoms with Crippen molar-refractivity contribution in [2.75, 3.05) is 12.5 Å². The van der Waals surface area contributed by atoms with Gasteiger partial charge in [-0.05, 0) is 49.5 Å². The first-order valence-corrected chi connectivity index (χ1v) is 8.05. The first-order valence-electron chi connectivity index (χ1n) is 5.53. The average molecular weight is 230 g/mol. The molecule has 2 unspecified atom stereocenters. The topological polar surface area (TPSA) is 0 Å². The molecule has 4 atom stereocenters. The molecular formula is C12H22S2. The Kier molecular flexibility index (Phi) is 2.67. The van der Waals surface area contributed by atoms with E-state index in [2.05, 4.69) is 56.8 Å². The van der Waals surface area contributed by atoms with Crippen molar-refractivity contribution in [3.05, 3.63) is 0 Å². The maximum atomic E-state index is 2.48. The Labute approximate surface area is 97.0 Å². The van der Waals surface area contributed by atoms with E-state index in [4.69, 9.17) is 0 Å². The second-order valence-electron chi connectivity index (χ2n) is 5.72. The van der Waals surface area contributed by atoms with Gasteiger partial charge in [-0.2, -0.15) is 23.5 Å². The molecule has 0 aromatic rings. The molecule has 0 saturated heterocycles. The normalized spacial score (nSPS) is 49.9. The molecule has 0 aromatic heterocycles. The number of thioether (sulfide) groups is 2. The average Bonchev–Trinajstić information content (AvgIpc) is 2.66. The Bertz CT molecular complexity index is 236. The highest BCUT2D eigenvalue weighted by Gasteiger charge is 2.63. The largest absolute Gasteiger partial charge is 0.161 e. The van der Waals surface area contributed by atoms with Crippen LogP contribution >= 0.6 is 23.5 Å². The lowest BCUT2D eigenvalue weighted by atomic mass is 9.89. The van der Waals surface area contributed by atoms with Crippen LogP contribution in [0.25, 0.3) is 0 Å². The summed E-state index contributed by atoms with van der Waals surface area (Å²) in [4.78, 5) is 0. The highest BCUT2D eigenvalue weighted by atomic mass is 32.2. The Hall–Kier alpha value is 0.700. The molecule has 0 aromatic carbocycles. The lowest BCUT2D eigenvalue weighted by Gasteiger charge is -2.39. The van der Waals surface area contributed by atoms with Gasteiger partial charge in [-0.25, -0.2) is 0 Å². The first-order chi connectivity index (χ1) is 6.45. The van der Waals surface area contributed by atoms with Crippen LogP contribution < -0.4 is 0 Å². The van der Waals surface area contributed by atoms with Gasteiger partial charge >= 0.3 is 0 Å². The van der Waals surface area contributed by atoms with Crippen molar-refractivity contribution >= 4 is 23.5 Å². The third-order valence-corrected chi connectivity index (χ3v) is 7.63. The van der Waals surface area contributed by atoms with Gasteiger partial charge in [-0.1, -0.05) is 13.8 Å². The summed E-state index contributed by atoms with van der Waals surface area (Å²) >= 11 is 4.18. The Morgan fingerprint density at radius 3 is 2.21 bits per heavy atom. The molecular weight excluding hydrogens is 208 g/mol. The van der Waals surface area contributed by atoms with E-state index in [0.717, 1.165) is 17.1 Å². The Balaban J connectivity index is 2.14. The fourth-order valence-electron chi connectivity index (χ4n) is 3.34. The first kappa shape index (κ1) is 11.2. The van der Waals surface area contributed by atoms with E-state index < -0.39 is 0 Å². The van der Waals surface area contributed by atoms with E-state index in [1.165, 1.54) is 12.8 Å². The van der Waals surface area contributed by atoms with Crippen LogP contribution in [0, 0.1) is 17.3 Å². The molecule has 2 heteroatoms. The lowest BCUT2D eigenvalue weighted by molar-refractivity contribution is 0.415. The number of hydrogen-bond acceptors (Lipinski definition) is 2. The summed E-state index contributed by atoms with van der Waals surface area (Å²) in [7, 11) is 0. The quantitative estimate of drug-likeness (QED) is 0.705. The van der Waals surface area contributed by atoms with Crippen LogP contribution in [0.3, 0.4) is 0 Å². The second-order valence-corrected chi connectivity index (χ2v) is 8.10. The predicted octanol–water partition coefficient (Wildman–Crippen LogP) is 3.91. The van der Waals surface area contributed by atoms with Gasteiger partial charge < -0.3 is 0 Å². The third-order valence-electron chi connectivity index (χ3n) is 4.81. The molecule has 0 heterocycles. The number of rotatable bonds is 2. The molecule has 0 radical (unpaired) electrons. The predicted molar refractivity (Wildman–Crippen MR) is 69.2 cm³/mol. The maximum Gasteiger partial charge on any atom is 0.0250 e. The second kappa shape index (κ2) is 3.35. The molecule has 0 aliphatic heterocycles. The van der Waals surface area contributed by atoms with Gasteiger partial charge in [0, 0.05) is 10.00 Å². The smallest absolute Gasteiger partial charge is 0.0250 e. The molecule has 0 bridgehead atoms. The highest BCUT2D eigenvalue weighted by Crippen LogP contribution is 2.69. The van der Waals surface area contributed by atoms with E-state index in [-0.39, 0.29) is 0 Å².